The van der Waals surface area contributed by atoms with Crippen LogP contribution in [0.1, 0.15) is 20.8 Å². The Labute approximate surface area is 166 Å². The van der Waals surface area contributed by atoms with Crippen LogP contribution in [-0.2, 0) is 9.84 Å². The van der Waals surface area contributed by atoms with Gasteiger partial charge < -0.3 is 17.7 Å². The summed E-state index contributed by atoms with van der Waals surface area (Å²) in [6.45, 7) is -0.354. The summed E-state index contributed by atoms with van der Waals surface area (Å²) >= 11 is 0. The van der Waals surface area contributed by atoms with E-state index in [0.29, 0.717) is 0 Å². The standard InChI is InChI=1S/C12H17BF3O3S.K/c1-12(2,3)20(17,18)9-8-19-11-6-4-10(5-7-11)13(14,15)16;/h4-7H,8-9H2,1-3H3;/q-1;+1. The van der Waals surface area contributed by atoms with Crippen molar-refractivity contribution in [3.63, 3.8) is 0 Å². The summed E-state index contributed by atoms with van der Waals surface area (Å²) in [6.07, 6.45) is 0. The van der Waals surface area contributed by atoms with Crippen molar-refractivity contribution in [1.29, 1.82) is 0 Å². The predicted octanol–water partition coefficient (Wildman–Crippen LogP) is -0.663. The SMILES string of the molecule is CC(C)(C)S(=O)(=O)CCOc1ccc([B-](F)(F)F)cc1.[K+]. The normalized spacial score (nSPS) is 12.7. The first kappa shape index (κ1) is 21.5. The van der Waals surface area contributed by atoms with Crippen LogP contribution in [0.25, 0.3) is 0 Å². The summed E-state index contributed by atoms with van der Waals surface area (Å²) < 4.78 is 65.1. The van der Waals surface area contributed by atoms with Crippen LogP contribution in [0.2, 0.25) is 0 Å². The van der Waals surface area contributed by atoms with Crippen LogP contribution in [0.5, 0.6) is 5.75 Å². The Bertz CT molecular complexity index is 551. The van der Waals surface area contributed by atoms with Gasteiger partial charge in [-0.2, -0.15) is 0 Å². The Morgan fingerprint density at radius 2 is 1.57 bits per heavy atom. The number of ether oxygens (including phenoxy) is 1. The third-order valence-corrected chi connectivity index (χ3v) is 5.38. The first-order valence-corrected chi connectivity index (χ1v) is 7.74. The molecule has 0 aromatic heterocycles. The Morgan fingerprint density at radius 3 is 1.95 bits per heavy atom. The van der Waals surface area contributed by atoms with E-state index in [1.165, 1.54) is 12.1 Å². The van der Waals surface area contributed by atoms with Crippen molar-refractivity contribution < 1.29 is 77.5 Å². The van der Waals surface area contributed by atoms with E-state index in [0.717, 1.165) is 12.1 Å². The molecule has 0 atom stereocenters. The summed E-state index contributed by atoms with van der Waals surface area (Å²) in [5.74, 6) is 0.0412. The topological polar surface area (TPSA) is 43.4 Å². The molecule has 1 aromatic rings. The van der Waals surface area contributed by atoms with Gasteiger partial charge in [-0.25, -0.2) is 8.42 Å². The van der Waals surface area contributed by atoms with E-state index in [1.54, 1.807) is 20.8 Å². The minimum absolute atomic E-state index is 0. The molecular weight excluding hydrogens is 331 g/mol. The van der Waals surface area contributed by atoms with Gasteiger partial charge in [0.2, 0.25) is 0 Å². The zero-order valence-corrected chi connectivity index (χ0v) is 16.5. The van der Waals surface area contributed by atoms with E-state index in [1.807, 2.05) is 0 Å². The van der Waals surface area contributed by atoms with E-state index in [-0.39, 0.29) is 69.5 Å². The van der Waals surface area contributed by atoms with Gasteiger partial charge in [0.25, 0.3) is 0 Å². The van der Waals surface area contributed by atoms with Crippen LogP contribution < -0.4 is 61.6 Å². The van der Waals surface area contributed by atoms with Crippen molar-refractivity contribution in [3.8, 4) is 5.75 Å². The first-order valence-electron chi connectivity index (χ1n) is 6.08. The fraction of sp³-hybridized carbons (Fsp3) is 0.500. The maximum absolute atomic E-state index is 12.4. The number of benzene rings is 1. The Balaban J connectivity index is 0.00000400. The monoisotopic (exact) mass is 348 g/mol. The minimum atomic E-state index is -5.02. The predicted molar refractivity (Wildman–Crippen MR) is 74.2 cm³/mol. The molecule has 3 nitrogen and oxygen atoms in total. The molecular formula is C12H17BF3KO3S. The molecule has 1 aromatic carbocycles. The summed E-state index contributed by atoms with van der Waals surface area (Å²) in [7, 11) is -3.30. The van der Waals surface area contributed by atoms with Crippen molar-refractivity contribution in [2.24, 2.45) is 0 Å². The van der Waals surface area contributed by atoms with Gasteiger partial charge in [-0.3, -0.25) is 0 Å². The van der Waals surface area contributed by atoms with Gasteiger partial charge in [-0.05, 0) is 32.9 Å². The smallest absolute Gasteiger partial charge is 0.493 e. The van der Waals surface area contributed by atoms with Crippen LogP contribution in [-0.4, -0.2) is 32.5 Å². The van der Waals surface area contributed by atoms with Crippen LogP contribution >= 0.6 is 0 Å². The quantitative estimate of drug-likeness (QED) is 0.664. The van der Waals surface area contributed by atoms with Crippen LogP contribution in [0.15, 0.2) is 24.3 Å². The van der Waals surface area contributed by atoms with E-state index in [9.17, 15) is 21.4 Å². The second-order valence-corrected chi connectivity index (χ2v) is 8.29. The molecule has 0 aliphatic carbocycles. The minimum Gasteiger partial charge on any atom is -0.493 e. The molecule has 0 amide bonds. The average molecular weight is 348 g/mol. The van der Waals surface area contributed by atoms with Crippen LogP contribution in [0, 0.1) is 0 Å². The molecule has 0 unspecified atom stereocenters. The molecule has 0 fully saturated rings. The van der Waals surface area contributed by atoms with Crippen molar-refractivity contribution in [2.75, 3.05) is 12.4 Å². The van der Waals surface area contributed by atoms with Gasteiger partial charge in [-0.15, -0.1) is 5.46 Å². The maximum atomic E-state index is 12.4. The molecule has 0 bridgehead atoms. The van der Waals surface area contributed by atoms with Crippen molar-refractivity contribution in [2.45, 2.75) is 25.5 Å². The van der Waals surface area contributed by atoms with Gasteiger partial charge >= 0.3 is 58.4 Å². The molecule has 21 heavy (non-hydrogen) atoms. The number of sulfone groups is 1. The Kier molecular flexibility index (Phi) is 8.00. The molecule has 0 aliphatic heterocycles. The second kappa shape index (κ2) is 7.83. The summed E-state index contributed by atoms with van der Waals surface area (Å²) in [6, 6.07) is 4.23. The average Bonchev–Trinajstić information content (AvgIpc) is 2.26. The second-order valence-electron chi connectivity index (χ2n) is 5.42. The van der Waals surface area contributed by atoms with Crippen LogP contribution in [0.4, 0.5) is 12.9 Å². The number of hydrogen-bond donors (Lipinski definition) is 0. The van der Waals surface area contributed by atoms with Gasteiger partial charge in [-0.1, -0.05) is 12.1 Å². The molecule has 0 aliphatic rings. The molecule has 0 saturated carbocycles. The van der Waals surface area contributed by atoms with Gasteiger partial charge in [0, 0.05) is 0 Å². The van der Waals surface area contributed by atoms with E-state index >= 15 is 0 Å². The van der Waals surface area contributed by atoms with Crippen LogP contribution in [0.3, 0.4) is 0 Å². The molecule has 0 radical (unpaired) electrons. The van der Waals surface area contributed by atoms with E-state index < -0.39 is 27.0 Å². The van der Waals surface area contributed by atoms with Gasteiger partial charge in [0.05, 0.1) is 10.5 Å². The summed E-state index contributed by atoms with van der Waals surface area (Å²) in [4.78, 5) is 0. The fourth-order valence-electron chi connectivity index (χ4n) is 1.36. The van der Waals surface area contributed by atoms with Gasteiger partial charge in [0.1, 0.15) is 12.4 Å². The van der Waals surface area contributed by atoms with Crippen molar-refractivity contribution in [3.05, 3.63) is 24.3 Å². The Morgan fingerprint density at radius 1 is 1.10 bits per heavy atom. The van der Waals surface area contributed by atoms with E-state index in [2.05, 4.69) is 0 Å². The molecule has 0 N–H and O–H groups in total. The maximum Gasteiger partial charge on any atom is 1.00 e. The largest absolute Gasteiger partial charge is 1.00 e. The van der Waals surface area contributed by atoms with E-state index in [4.69, 9.17) is 4.74 Å². The Hall–Kier alpha value is 0.461. The molecule has 114 valence electrons. The number of rotatable bonds is 5. The van der Waals surface area contributed by atoms with Crippen molar-refractivity contribution >= 4 is 22.3 Å². The zero-order chi connectivity index (χ0) is 15.6. The molecule has 9 heteroatoms. The van der Waals surface area contributed by atoms with Gasteiger partial charge in [0.15, 0.2) is 9.84 Å². The fourth-order valence-corrected chi connectivity index (χ4v) is 2.27. The van der Waals surface area contributed by atoms with Crippen molar-refractivity contribution in [1.82, 2.24) is 0 Å². The summed E-state index contributed by atoms with van der Waals surface area (Å²) in [5, 5.41) is 0. The zero-order valence-electron chi connectivity index (χ0n) is 12.6. The third-order valence-electron chi connectivity index (χ3n) is 2.81. The summed E-state index contributed by atoms with van der Waals surface area (Å²) in [5.41, 5.74) is -0.709. The third kappa shape index (κ3) is 6.62. The molecule has 0 heterocycles. The molecule has 0 spiro atoms. The number of hydrogen-bond acceptors (Lipinski definition) is 3. The number of halogens is 3. The first-order chi connectivity index (χ1) is 8.93. The molecule has 0 saturated heterocycles. The molecule has 1 rings (SSSR count).